The van der Waals surface area contributed by atoms with Crippen LogP contribution in [-0.4, -0.2) is 18.7 Å². The third-order valence-electron chi connectivity index (χ3n) is 4.29. The molecule has 0 aliphatic rings. The summed E-state index contributed by atoms with van der Waals surface area (Å²) in [7, 11) is 0. The van der Waals surface area contributed by atoms with Crippen molar-refractivity contribution >= 4 is 23.7 Å². The van der Waals surface area contributed by atoms with Crippen LogP contribution >= 0.6 is 11.6 Å². The lowest BCUT2D eigenvalue weighted by Gasteiger charge is -2.13. The molecule has 0 heterocycles. The number of rotatable bonds is 9. The Hall–Kier alpha value is -3.38. The molecule has 0 saturated heterocycles. The molecule has 3 aromatic carbocycles. The second-order valence-corrected chi connectivity index (χ2v) is 7.02. The van der Waals surface area contributed by atoms with Crippen LogP contribution in [0.1, 0.15) is 23.6 Å². The first kappa shape index (κ1) is 22.3. The fourth-order valence-corrected chi connectivity index (χ4v) is 2.96. The van der Waals surface area contributed by atoms with Gasteiger partial charge in [0, 0.05) is 10.6 Å². The molecule has 0 bridgehead atoms. The highest BCUT2D eigenvalue weighted by molar-refractivity contribution is 6.31. The number of benzene rings is 3. The van der Waals surface area contributed by atoms with E-state index in [9.17, 15) is 9.18 Å². The highest BCUT2D eigenvalue weighted by atomic mass is 35.5. The number of nitrogens with zero attached hydrogens (tertiary/aromatic N) is 1. The lowest BCUT2D eigenvalue weighted by molar-refractivity contribution is -0.120. The zero-order valence-electron chi connectivity index (χ0n) is 17.0. The molecule has 0 radical (unpaired) electrons. The molecule has 3 rings (SSSR count). The first-order chi connectivity index (χ1) is 15.0. The van der Waals surface area contributed by atoms with E-state index in [-0.39, 0.29) is 18.1 Å². The van der Waals surface area contributed by atoms with Crippen molar-refractivity contribution in [2.75, 3.05) is 6.61 Å². The third kappa shape index (κ3) is 6.83. The van der Waals surface area contributed by atoms with Gasteiger partial charge in [-0.05, 0) is 54.4 Å². The highest BCUT2D eigenvalue weighted by Crippen LogP contribution is 2.29. The van der Waals surface area contributed by atoms with Crippen LogP contribution in [0, 0.1) is 5.82 Å². The molecular weight excluding hydrogens is 419 g/mol. The van der Waals surface area contributed by atoms with Crippen LogP contribution in [0.25, 0.3) is 0 Å². The Labute approximate surface area is 185 Å². The maximum absolute atomic E-state index is 12.9. The molecule has 0 aromatic heterocycles. The maximum Gasteiger partial charge on any atom is 0.244 e. The van der Waals surface area contributed by atoms with Gasteiger partial charge in [0.15, 0.2) is 11.5 Å². The molecular formula is C24H22ClFN2O3. The fraction of sp³-hybridized carbons (Fsp3) is 0.167. The van der Waals surface area contributed by atoms with Crippen LogP contribution in [0.15, 0.2) is 71.8 Å². The Morgan fingerprint density at radius 2 is 1.84 bits per heavy atom. The second kappa shape index (κ2) is 11.1. The van der Waals surface area contributed by atoms with Crippen molar-refractivity contribution in [3.05, 3.63) is 94.3 Å². The van der Waals surface area contributed by atoms with E-state index in [1.165, 1.54) is 18.3 Å². The summed E-state index contributed by atoms with van der Waals surface area (Å²) in [6.45, 7) is 2.67. The van der Waals surface area contributed by atoms with Gasteiger partial charge >= 0.3 is 0 Å². The van der Waals surface area contributed by atoms with Crippen LogP contribution in [-0.2, 0) is 17.8 Å². The molecule has 3 aromatic rings. The normalized spacial score (nSPS) is 10.8. The molecule has 7 heteroatoms. The van der Waals surface area contributed by atoms with Gasteiger partial charge in [-0.15, -0.1) is 0 Å². The number of carbonyl (C=O) groups excluding carboxylic acids is 1. The van der Waals surface area contributed by atoms with Gasteiger partial charge in [-0.1, -0.05) is 41.9 Å². The number of carbonyl (C=O) groups is 1. The van der Waals surface area contributed by atoms with Gasteiger partial charge in [-0.2, -0.15) is 5.10 Å². The van der Waals surface area contributed by atoms with Crippen LogP contribution in [0.5, 0.6) is 11.5 Å². The number of hydrogen-bond acceptors (Lipinski definition) is 4. The first-order valence-electron chi connectivity index (χ1n) is 9.74. The highest BCUT2D eigenvalue weighted by Gasteiger charge is 2.08. The molecule has 5 nitrogen and oxygen atoms in total. The summed E-state index contributed by atoms with van der Waals surface area (Å²) in [4.78, 5) is 12.0. The van der Waals surface area contributed by atoms with Crippen molar-refractivity contribution < 1.29 is 18.7 Å². The summed E-state index contributed by atoms with van der Waals surface area (Å²) < 4.78 is 24.5. The van der Waals surface area contributed by atoms with Crippen LogP contribution in [0.2, 0.25) is 5.02 Å². The van der Waals surface area contributed by atoms with E-state index >= 15 is 0 Å². The largest absolute Gasteiger partial charge is 0.490 e. The molecule has 1 amide bonds. The Morgan fingerprint density at radius 1 is 1.06 bits per heavy atom. The van der Waals surface area contributed by atoms with Crippen molar-refractivity contribution in [1.82, 2.24) is 5.43 Å². The maximum atomic E-state index is 12.9. The zero-order chi connectivity index (χ0) is 22.1. The summed E-state index contributed by atoms with van der Waals surface area (Å²) in [5, 5.41) is 4.62. The summed E-state index contributed by atoms with van der Waals surface area (Å²) >= 11 is 6.18. The molecule has 0 atom stereocenters. The van der Waals surface area contributed by atoms with Gasteiger partial charge < -0.3 is 9.47 Å². The zero-order valence-corrected chi connectivity index (χ0v) is 17.7. The molecule has 160 valence electrons. The summed E-state index contributed by atoms with van der Waals surface area (Å²) in [6.07, 6.45) is 1.62. The molecule has 0 aliphatic heterocycles. The second-order valence-electron chi connectivity index (χ2n) is 6.62. The smallest absolute Gasteiger partial charge is 0.244 e. The number of hydrazone groups is 1. The van der Waals surface area contributed by atoms with Crippen LogP contribution in [0.3, 0.4) is 0 Å². The minimum atomic E-state index is -0.341. The van der Waals surface area contributed by atoms with Crippen molar-refractivity contribution in [3.8, 4) is 11.5 Å². The molecule has 0 fully saturated rings. The molecule has 31 heavy (non-hydrogen) atoms. The number of amides is 1. The van der Waals surface area contributed by atoms with E-state index in [1.54, 1.807) is 30.3 Å². The van der Waals surface area contributed by atoms with Gasteiger partial charge in [0.2, 0.25) is 5.91 Å². The standard InChI is InChI=1S/C24H22ClFN2O3/c1-2-30-23-13-18(9-12-22(23)31-16-19-5-3-4-6-21(19)25)15-27-28-24(29)14-17-7-10-20(26)11-8-17/h3-13,15H,2,14,16H2,1H3,(H,28,29)/b27-15+. The van der Waals surface area contributed by atoms with Gasteiger partial charge in [0.05, 0.1) is 19.2 Å². The van der Waals surface area contributed by atoms with Crippen LogP contribution in [0.4, 0.5) is 4.39 Å². The Bertz CT molecular complexity index is 1050. The quantitative estimate of drug-likeness (QED) is 0.370. The predicted octanol–water partition coefficient (Wildman–Crippen LogP) is 5.15. The van der Waals surface area contributed by atoms with Crippen molar-refractivity contribution in [3.63, 3.8) is 0 Å². The number of hydrogen-bond donors (Lipinski definition) is 1. The minimum Gasteiger partial charge on any atom is -0.490 e. The van der Waals surface area contributed by atoms with Gasteiger partial charge in [-0.3, -0.25) is 4.79 Å². The van der Waals surface area contributed by atoms with E-state index in [0.717, 1.165) is 11.1 Å². The molecule has 1 N–H and O–H groups in total. The van der Waals surface area contributed by atoms with Crippen LogP contribution < -0.4 is 14.9 Å². The third-order valence-corrected chi connectivity index (χ3v) is 4.66. The SMILES string of the molecule is CCOc1cc(/C=N/NC(=O)Cc2ccc(F)cc2)ccc1OCc1ccccc1Cl. The van der Waals surface area contributed by atoms with Gasteiger partial charge in [0.25, 0.3) is 0 Å². The lowest BCUT2D eigenvalue weighted by atomic mass is 10.1. The molecule has 0 saturated carbocycles. The Balaban J connectivity index is 1.60. The van der Waals surface area contributed by atoms with Crippen molar-refractivity contribution in [1.29, 1.82) is 0 Å². The monoisotopic (exact) mass is 440 g/mol. The molecule has 0 unspecified atom stereocenters. The van der Waals surface area contributed by atoms with E-state index in [4.69, 9.17) is 21.1 Å². The van der Waals surface area contributed by atoms with Gasteiger partial charge in [0.1, 0.15) is 12.4 Å². The predicted molar refractivity (Wildman–Crippen MR) is 119 cm³/mol. The number of nitrogens with one attached hydrogen (secondary N) is 1. The summed E-state index contributed by atoms with van der Waals surface area (Å²) in [5.41, 5.74) is 4.77. The van der Waals surface area contributed by atoms with E-state index in [1.807, 2.05) is 31.2 Å². The Kier molecular flexibility index (Phi) is 8.01. The molecule has 0 aliphatic carbocycles. The summed E-state index contributed by atoms with van der Waals surface area (Å²) in [6, 6.07) is 18.6. The van der Waals surface area contributed by atoms with E-state index in [2.05, 4.69) is 10.5 Å². The average molecular weight is 441 g/mol. The van der Waals surface area contributed by atoms with Gasteiger partial charge in [-0.25, -0.2) is 9.82 Å². The van der Waals surface area contributed by atoms with E-state index < -0.39 is 0 Å². The lowest BCUT2D eigenvalue weighted by Crippen LogP contribution is -2.19. The fourth-order valence-electron chi connectivity index (χ4n) is 2.77. The van der Waals surface area contributed by atoms with Crippen molar-refractivity contribution in [2.45, 2.75) is 20.0 Å². The topological polar surface area (TPSA) is 59.9 Å². The van der Waals surface area contributed by atoms with Crippen molar-refractivity contribution in [2.24, 2.45) is 5.10 Å². The molecule has 0 spiro atoms. The first-order valence-corrected chi connectivity index (χ1v) is 10.1. The summed E-state index contributed by atoms with van der Waals surface area (Å²) in [5.74, 6) is 0.509. The average Bonchev–Trinajstić information content (AvgIpc) is 2.76. The number of ether oxygens (including phenoxy) is 2. The van der Waals surface area contributed by atoms with E-state index in [0.29, 0.717) is 35.3 Å². The Morgan fingerprint density at radius 3 is 2.58 bits per heavy atom. The minimum absolute atomic E-state index is 0.108. The number of halogens is 2.